The molecule has 0 fully saturated rings. The van der Waals surface area contributed by atoms with Gasteiger partial charge in [0.1, 0.15) is 6.54 Å². The van der Waals surface area contributed by atoms with E-state index in [1.165, 1.54) is 0 Å². The summed E-state index contributed by atoms with van der Waals surface area (Å²) in [6.07, 6.45) is 0.683. The quantitative estimate of drug-likeness (QED) is 0.495. The first-order chi connectivity index (χ1) is 14.0. The summed E-state index contributed by atoms with van der Waals surface area (Å²) in [7, 11) is 0. The fourth-order valence-electron chi connectivity index (χ4n) is 3.01. The first-order valence-electron chi connectivity index (χ1n) is 9.01. The van der Waals surface area contributed by atoms with E-state index in [0.29, 0.717) is 23.7 Å². The molecule has 0 spiro atoms. The fraction of sp³-hybridized carbons (Fsp3) is 0.200. The van der Waals surface area contributed by atoms with Gasteiger partial charge >= 0.3 is 0 Å². The molecule has 0 unspecified atom stereocenters. The van der Waals surface area contributed by atoms with Crippen molar-refractivity contribution < 1.29 is 4.79 Å². The minimum atomic E-state index is -0.392. The molecule has 0 radical (unpaired) electrons. The third-order valence-electron chi connectivity index (χ3n) is 4.41. The molecule has 0 aliphatic heterocycles. The van der Waals surface area contributed by atoms with Crippen LogP contribution in [-0.2, 0) is 17.8 Å². The van der Waals surface area contributed by atoms with E-state index < -0.39 is 11.1 Å². The van der Waals surface area contributed by atoms with E-state index >= 15 is 0 Å². The van der Waals surface area contributed by atoms with Crippen LogP contribution in [0.15, 0.2) is 51.4 Å². The van der Waals surface area contributed by atoms with Gasteiger partial charge in [0.05, 0.1) is 26.4 Å². The molecular formula is C20H18N4O3S2. The van der Waals surface area contributed by atoms with Gasteiger partial charge in [-0.1, -0.05) is 12.1 Å². The second-order valence-electron chi connectivity index (χ2n) is 6.50. The predicted molar refractivity (Wildman–Crippen MR) is 116 cm³/mol. The Balaban J connectivity index is 1.37. The van der Waals surface area contributed by atoms with Gasteiger partial charge in [-0.3, -0.25) is 19.5 Å². The Hall–Kier alpha value is -3.04. The molecule has 1 aromatic carbocycles. The molecule has 0 atom stereocenters. The summed E-state index contributed by atoms with van der Waals surface area (Å²) >= 11 is 3.27. The normalized spacial score (nSPS) is 11.1. The lowest BCUT2D eigenvalue weighted by Crippen LogP contribution is -2.37. The smallest absolute Gasteiger partial charge is 0.273 e. The molecular weight excluding hydrogens is 408 g/mol. The molecule has 7 nitrogen and oxygen atoms in total. The molecule has 2 N–H and O–H groups in total. The summed E-state index contributed by atoms with van der Waals surface area (Å²) < 4.78 is 1.05. The maximum Gasteiger partial charge on any atom is 0.273 e. The number of thiophene rings is 1. The van der Waals surface area contributed by atoms with Crippen LogP contribution in [0.1, 0.15) is 9.88 Å². The number of benzene rings is 1. The Bertz CT molecular complexity index is 1300. The number of hydrogen-bond acceptors (Lipinski definition) is 6. The first kappa shape index (κ1) is 19.3. The van der Waals surface area contributed by atoms with E-state index in [1.54, 1.807) is 46.9 Å². The lowest BCUT2D eigenvalue weighted by Gasteiger charge is -2.08. The standard InChI is InChI=1S/C20H18N4O3S2/c1-12-22-16(11-28-12)17-7-6-13(29-17)8-9-21-18(25)10-24-20(27)15-5-3-2-4-14(15)19(26)23-24/h2-7,11H,8-10H2,1H3,(H,21,25)(H,23,26). The van der Waals surface area contributed by atoms with Crippen molar-refractivity contribution in [2.24, 2.45) is 0 Å². The van der Waals surface area contributed by atoms with Gasteiger partial charge in [0, 0.05) is 16.8 Å². The van der Waals surface area contributed by atoms with Crippen molar-refractivity contribution in [1.82, 2.24) is 20.1 Å². The van der Waals surface area contributed by atoms with Gasteiger partial charge in [0.2, 0.25) is 5.91 Å². The summed E-state index contributed by atoms with van der Waals surface area (Å²) in [5.41, 5.74) is 0.195. The van der Waals surface area contributed by atoms with E-state index in [4.69, 9.17) is 0 Å². The van der Waals surface area contributed by atoms with Crippen LogP contribution in [0.3, 0.4) is 0 Å². The summed E-state index contributed by atoms with van der Waals surface area (Å²) in [5.74, 6) is -0.329. The first-order valence-corrected chi connectivity index (χ1v) is 10.7. The Kier molecular flexibility index (Phi) is 5.41. The Labute approximate surface area is 173 Å². The average Bonchev–Trinajstić information content (AvgIpc) is 3.35. The van der Waals surface area contributed by atoms with Crippen molar-refractivity contribution in [2.45, 2.75) is 19.9 Å². The number of H-pyrrole nitrogens is 1. The van der Waals surface area contributed by atoms with E-state index in [-0.39, 0.29) is 12.5 Å². The molecule has 29 heavy (non-hydrogen) atoms. The number of fused-ring (bicyclic) bond motifs is 1. The molecule has 4 rings (SSSR count). The molecule has 0 aliphatic carbocycles. The summed E-state index contributed by atoms with van der Waals surface area (Å²) in [6, 6.07) is 10.6. The predicted octanol–water partition coefficient (Wildman–Crippen LogP) is 2.54. The van der Waals surface area contributed by atoms with Crippen LogP contribution in [0.25, 0.3) is 21.3 Å². The highest BCUT2D eigenvalue weighted by molar-refractivity contribution is 7.16. The zero-order valence-corrected chi connectivity index (χ0v) is 17.2. The Morgan fingerprint density at radius 3 is 2.72 bits per heavy atom. The lowest BCUT2D eigenvalue weighted by molar-refractivity contribution is -0.121. The minimum Gasteiger partial charge on any atom is -0.354 e. The highest BCUT2D eigenvalue weighted by atomic mass is 32.1. The number of aryl methyl sites for hydroxylation is 1. The third kappa shape index (κ3) is 4.20. The molecule has 3 heterocycles. The lowest BCUT2D eigenvalue weighted by atomic mass is 10.2. The third-order valence-corrected chi connectivity index (χ3v) is 6.35. The number of carbonyl (C=O) groups is 1. The van der Waals surface area contributed by atoms with Crippen molar-refractivity contribution in [3.05, 3.63) is 72.4 Å². The van der Waals surface area contributed by atoms with Crippen LogP contribution in [-0.4, -0.2) is 27.2 Å². The van der Waals surface area contributed by atoms with Crippen LogP contribution in [0.2, 0.25) is 0 Å². The van der Waals surface area contributed by atoms with Gasteiger partial charge in [-0.25, -0.2) is 9.67 Å². The number of rotatable bonds is 6. The second-order valence-corrected chi connectivity index (χ2v) is 8.73. The molecule has 9 heteroatoms. The van der Waals surface area contributed by atoms with Crippen LogP contribution < -0.4 is 16.4 Å². The van der Waals surface area contributed by atoms with E-state index in [2.05, 4.69) is 15.4 Å². The molecule has 0 aliphatic rings. The van der Waals surface area contributed by atoms with Gasteiger partial charge in [0.15, 0.2) is 0 Å². The Morgan fingerprint density at radius 2 is 1.97 bits per heavy atom. The van der Waals surface area contributed by atoms with E-state index in [1.807, 2.05) is 24.4 Å². The molecule has 148 valence electrons. The number of aromatic amines is 1. The number of thiazole rings is 1. The molecule has 4 aromatic rings. The summed E-state index contributed by atoms with van der Waals surface area (Å²) in [4.78, 5) is 43.5. The van der Waals surface area contributed by atoms with E-state index in [9.17, 15) is 14.4 Å². The topological polar surface area (TPSA) is 96.8 Å². The van der Waals surface area contributed by atoms with Crippen LogP contribution in [0, 0.1) is 6.92 Å². The van der Waals surface area contributed by atoms with Crippen molar-refractivity contribution in [2.75, 3.05) is 6.54 Å². The summed E-state index contributed by atoms with van der Waals surface area (Å²) in [5, 5.41) is 8.95. The number of amides is 1. The molecule has 1 amide bonds. The zero-order chi connectivity index (χ0) is 20.4. The van der Waals surface area contributed by atoms with Gasteiger partial charge in [-0.05, 0) is 37.6 Å². The highest BCUT2D eigenvalue weighted by Gasteiger charge is 2.10. The van der Waals surface area contributed by atoms with Crippen molar-refractivity contribution >= 4 is 39.4 Å². The van der Waals surface area contributed by atoms with Crippen molar-refractivity contribution in [3.63, 3.8) is 0 Å². The van der Waals surface area contributed by atoms with Crippen LogP contribution in [0.4, 0.5) is 0 Å². The molecule has 0 saturated carbocycles. The molecule has 3 aromatic heterocycles. The Morgan fingerprint density at radius 1 is 1.17 bits per heavy atom. The monoisotopic (exact) mass is 426 g/mol. The molecule has 0 saturated heterocycles. The van der Waals surface area contributed by atoms with Crippen molar-refractivity contribution in [1.29, 1.82) is 0 Å². The molecule has 0 bridgehead atoms. The van der Waals surface area contributed by atoms with Gasteiger partial charge in [-0.15, -0.1) is 22.7 Å². The zero-order valence-electron chi connectivity index (χ0n) is 15.6. The number of aromatic nitrogens is 3. The average molecular weight is 427 g/mol. The van der Waals surface area contributed by atoms with Gasteiger partial charge < -0.3 is 5.32 Å². The number of hydrogen-bond donors (Lipinski definition) is 2. The highest BCUT2D eigenvalue weighted by Crippen LogP contribution is 2.29. The minimum absolute atomic E-state index is 0.229. The number of nitrogens with zero attached hydrogens (tertiary/aromatic N) is 2. The fourth-order valence-corrected chi connectivity index (χ4v) is 4.66. The van der Waals surface area contributed by atoms with Crippen LogP contribution >= 0.6 is 22.7 Å². The number of nitrogens with one attached hydrogen (secondary N) is 2. The maximum absolute atomic E-state index is 12.5. The maximum atomic E-state index is 12.5. The van der Waals surface area contributed by atoms with E-state index in [0.717, 1.165) is 25.1 Å². The summed E-state index contributed by atoms with van der Waals surface area (Å²) in [6.45, 7) is 2.19. The van der Waals surface area contributed by atoms with Crippen LogP contribution in [0.5, 0.6) is 0 Å². The van der Waals surface area contributed by atoms with Gasteiger partial charge in [-0.2, -0.15) is 0 Å². The number of carbonyl (C=O) groups excluding carboxylic acids is 1. The van der Waals surface area contributed by atoms with Crippen molar-refractivity contribution in [3.8, 4) is 10.6 Å². The largest absolute Gasteiger partial charge is 0.354 e. The second kappa shape index (κ2) is 8.14. The van der Waals surface area contributed by atoms with Gasteiger partial charge in [0.25, 0.3) is 11.1 Å². The SMILES string of the molecule is Cc1nc(-c2ccc(CCNC(=O)Cn3[nH]c(=O)c4ccccc4c3=O)s2)cs1.